The van der Waals surface area contributed by atoms with Crippen LogP contribution in [-0.2, 0) is 4.74 Å². The van der Waals surface area contributed by atoms with Crippen molar-refractivity contribution in [3.8, 4) is 0 Å². The van der Waals surface area contributed by atoms with E-state index >= 15 is 0 Å². The van der Waals surface area contributed by atoms with E-state index in [9.17, 15) is 4.79 Å². The second-order valence-corrected chi connectivity index (χ2v) is 5.14. The van der Waals surface area contributed by atoms with Gasteiger partial charge < -0.3 is 10.1 Å². The molecule has 0 fully saturated rings. The molecular formula is C17H18ClNO2. The zero-order valence-corrected chi connectivity index (χ0v) is 12.8. The van der Waals surface area contributed by atoms with Crippen LogP contribution in [0.25, 0.3) is 0 Å². The van der Waals surface area contributed by atoms with Crippen LogP contribution in [0, 0.1) is 0 Å². The second kappa shape index (κ2) is 7.36. The predicted molar refractivity (Wildman–Crippen MR) is 84.8 cm³/mol. The molecule has 2 aromatic rings. The predicted octanol–water partition coefficient (Wildman–Crippen LogP) is 3.50. The Morgan fingerprint density at radius 2 is 1.71 bits per heavy atom. The molecule has 1 N–H and O–H groups in total. The van der Waals surface area contributed by atoms with Crippen molar-refractivity contribution >= 4 is 17.4 Å². The van der Waals surface area contributed by atoms with Gasteiger partial charge in [0.2, 0.25) is 0 Å². The summed E-state index contributed by atoms with van der Waals surface area (Å²) in [5.41, 5.74) is 1.57. The zero-order valence-electron chi connectivity index (χ0n) is 12.0. The van der Waals surface area contributed by atoms with Crippen molar-refractivity contribution in [2.75, 3.05) is 14.2 Å². The van der Waals surface area contributed by atoms with Gasteiger partial charge in [0.25, 0.3) is 0 Å². The van der Waals surface area contributed by atoms with Crippen molar-refractivity contribution in [1.82, 2.24) is 5.32 Å². The van der Waals surface area contributed by atoms with E-state index in [2.05, 4.69) is 5.32 Å². The number of likely N-dealkylation sites (N-methyl/N-ethyl adjacent to an activating group) is 1. The molecule has 0 aliphatic rings. The molecule has 3 nitrogen and oxygen atoms in total. The van der Waals surface area contributed by atoms with Crippen LogP contribution < -0.4 is 5.32 Å². The maximum absolute atomic E-state index is 12.6. The number of methoxy groups -OCH3 is 1. The Kier molecular flexibility index (Phi) is 5.51. The molecule has 4 heteroatoms. The third-order valence-corrected chi connectivity index (χ3v) is 3.66. The average Bonchev–Trinajstić information content (AvgIpc) is 2.54. The summed E-state index contributed by atoms with van der Waals surface area (Å²) < 4.78 is 5.55. The van der Waals surface area contributed by atoms with Crippen molar-refractivity contribution in [3.63, 3.8) is 0 Å². The summed E-state index contributed by atoms with van der Waals surface area (Å²) in [5, 5.41) is 3.71. The zero-order chi connectivity index (χ0) is 15.2. The Balaban J connectivity index is 2.29. The van der Waals surface area contributed by atoms with Crippen molar-refractivity contribution in [2.45, 2.75) is 12.1 Å². The van der Waals surface area contributed by atoms with Gasteiger partial charge >= 0.3 is 0 Å². The van der Waals surface area contributed by atoms with Crippen molar-refractivity contribution in [2.24, 2.45) is 0 Å². The number of carbonyl (C=O) groups is 1. The third kappa shape index (κ3) is 3.70. The van der Waals surface area contributed by atoms with E-state index in [1.54, 1.807) is 38.4 Å². The number of ether oxygens (including phenoxy) is 1. The van der Waals surface area contributed by atoms with Gasteiger partial charge in [0, 0.05) is 17.7 Å². The van der Waals surface area contributed by atoms with Gasteiger partial charge in [-0.2, -0.15) is 0 Å². The second-order valence-electron chi connectivity index (χ2n) is 4.70. The summed E-state index contributed by atoms with van der Waals surface area (Å²) >= 11 is 5.91. The van der Waals surface area contributed by atoms with Gasteiger partial charge in [0.05, 0.1) is 0 Å². The van der Waals surface area contributed by atoms with E-state index in [0.717, 1.165) is 5.56 Å². The Hall–Kier alpha value is -1.68. The fourth-order valence-corrected chi connectivity index (χ4v) is 2.44. The third-order valence-electron chi connectivity index (χ3n) is 3.41. The Morgan fingerprint density at radius 1 is 1.10 bits per heavy atom. The molecule has 0 aromatic heterocycles. The van der Waals surface area contributed by atoms with E-state index in [4.69, 9.17) is 16.3 Å². The van der Waals surface area contributed by atoms with Crippen molar-refractivity contribution < 1.29 is 9.53 Å². The summed E-state index contributed by atoms with van der Waals surface area (Å²) in [4.78, 5) is 12.6. The lowest BCUT2D eigenvalue weighted by Gasteiger charge is -2.25. The highest BCUT2D eigenvalue weighted by molar-refractivity contribution is 6.30. The van der Waals surface area contributed by atoms with E-state index in [-0.39, 0.29) is 11.9 Å². The number of rotatable bonds is 6. The van der Waals surface area contributed by atoms with Crippen molar-refractivity contribution in [3.05, 3.63) is 70.7 Å². The smallest absolute Gasteiger partial charge is 0.182 e. The molecule has 110 valence electrons. The summed E-state index contributed by atoms with van der Waals surface area (Å²) in [6, 6.07) is 16.1. The Morgan fingerprint density at radius 3 is 2.24 bits per heavy atom. The molecule has 0 aliphatic heterocycles. The highest BCUT2D eigenvalue weighted by Crippen LogP contribution is 2.24. The quantitative estimate of drug-likeness (QED) is 0.830. The fourth-order valence-electron chi connectivity index (χ4n) is 2.32. The lowest BCUT2D eigenvalue weighted by molar-refractivity contribution is 0.0565. The number of benzene rings is 2. The number of hydrogen-bond acceptors (Lipinski definition) is 3. The summed E-state index contributed by atoms with van der Waals surface area (Å²) in [7, 11) is 3.36. The summed E-state index contributed by atoms with van der Waals surface area (Å²) in [6.07, 6.45) is -0.375. The first-order chi connectivity index (χ1) is 10.2. The van der Waals surface area contributed by atoms with Crippen LogP contribution >= 0.6 is 11.6 Å². The topological polar surface area (TPSA) is 38.3 Å². The van der Waals surface area contributed by atoms with Gasteiger partial charge in [-0.25, -0.2) is 0 Å². The van der Waals surface area contributed by atoms with Crippen LogP contribution in [0.4, 0.5) is 0 Å². The van der Waals surface area contributed by atoms with Gasteiger partial charge in [-0.15, -0.1) is 0 Å². The average molecular weight is 304 g/mol. The molecule has 0 aliphatic carbocycles. The first-order valence-electron chi connectivity index (χ1n) is 6.72. The summed E-state index contributed by atoms with van der Waals surface area (Å²) in [5.74, 6) is -0.0000926. The van der Waals surface area contributed by atoms with Crippen LogP contribution in [0.2, 0.25) is 5.02 Å². The first kappa shape index (κ1) is 15.7. The monoisotopic (exact) mass is 303 g/mol. The first-order valence-corrected chi connectivity index (χ1v) is 7.10. The largest absolute Gasteiger partial charge is 0.375 e. The SMILES string of the molecule is CN[C@@H](C(=O)c1ccccc1)[C@H](OC)c1ccc(Cl)cc1. The number of carbonyl (C=O) groups excluding carboxylic acids is 1. The Bertz CT molecular complexity index is 583. The molecule has 2 atom stereocenters. The van der Waals surface area contributed by atoms with Crippen LogP contribution in [0.1, 0.15) is 22.0 Å². The Labute approximate surface area is 129 Å². The highest BCUT2D eigenvalue weighted by Gasteiger charge is 2.28. The minimum Gasteiger partial charge on any atom is -0.375 e. The number of Topliss-reactive ketones (excluding diaryl/α,β-unsaturated/α-hetero) is 1. The van der Waals surface area contributed by atoms with E-state index in [1.165, 1.54) is 0 Å². The normalized spacial score (nSPS) is 13.7. The minimum atomic E-state index is -0.460. The van der Waals surface area contributed by atoms with Crippen LogP contribution in [-0.4, -0.2) is 26.0 Å². The summed E-state index contributed by atoms with van der Waals surface area (Å²) in [6.45, 7) is 0. The molecule has 0 unspecified atom stereocenters. The fraction of sp³-hybridized carbons (Fsp3) is 0.235. The maximum Gasteiger partial charge on any atom is 0.182 e. The molecule has 0 amide bonds. The maximum atomic E-state index is 12.6. The van der Waals surface area contributed by atoms with Crippen molar-refractivity contribution in [1.29, 1.82) is 0 Å². The van der Waals surface area contributed by atoms with Gasteiger partial charge in [-0.1, -0.05) is 54.1 Å². The standard InChI is InChI=1S/C17H18ClNO2/c1-19-15(16(20)12-6-4-3-5-7-12)17(21-2)13-8-10-14(18)11-9-13/h3-11,15,17,19H,1-2H3/t15-,17+/m0/s1. The number of ketones is 1. The number of nitrogens with one attached hydrogen (secondary N) is 1. The van der Waals surface area contributed by atoms with Crippen LogP contribution in [0.5, 0.6) is 0 Å². The number of hydrogen-bond donors (Lipinski definition) is 1. The van der Waals surface area contributed by atoms with Gasteiger partial charge in [0.15, 0.2) is 5.78 Å². The van der Waals surface area contributed by atoms with Gasteiger partial charge in [-0.05, 0) is 24.7 Å². The highest BCUT2D eigenvalue weighted by atomic mass is 35.5. The van der Waals surface area contributed by atoms with Gasteiger partial charge in [0.1, 0.15) is 12.1 Å². The molecule has 0 radical (unpaired) electrons. The molecule has 0 spiro atoms. The molecule has 2 rings (SSSR count). The van der Waals surface area contributed by atoms with Crippen LogP contribution in [0.15, 0.2) is 54.6 Å². The van der Waals surface area contributed by atoms with Crippen LogP contribution in [0.3, 0.4) is 0 Å². The van der Waals surface area contributed by atoms with E-state index in [1.807, 2.05) is 30.3 Å². The molecular weight excluding hydrogens is 286 g/mol. The van der Waals surface area contributed by atoms with Gasteiger partial charge in [-0.3, -0.25) is 4.79 Å². The molecule has 0 bridgehead atoms. The minimum absolute atomic E-state index is 0.0000926. The molecule has 21 heavy (non-hydrogen) atoms. The molecule has 2 aromatic carbocycles. The van der Waals surface area contributed by atoms with E-state index in [0.29, 0.717) is 10.6 Å². The molecule has 0 heterocycles. The van der Waals surface area contributed by atoms with E-state index < -0.39 is 6.04 Å². The lowest BCUT2D eigenvalue weighted by atomic mass is 9.95. The molecule has 0 saturated carbocycles. The molecule has 0 saturated heterocycles. The lowest BCUT2D eigenvalue weighted by Crippen LogP contribution is -2.40. The number of halogens is 1.